The highest BCUT2D eigenvalue weighted by Crippen LogP contribution is 2.35. The molecule has 2 aromatic carbocycles. The van der Waals surface area contributed by atoms with E-state index in [-0.39, 0.29) is 18.3 Å². The predicted molar refractivity (Wildman–Crippen MR) is 127 cm³/mol. The highest BCUT2D eigenvalue weighted by molar-refractivity contribution is 7.23. The van der Waals surface area contributed by atoms with Gasteiger partial charge in [0.25, 0.3) is 0 Å². The lowest BCUT2D eigenvalue weighted by Gasteiger charge is -2.22. The summed E-state index contributed by atoms with van der Waals surface area (Å²) in [5.74, 6) is 0.0571. The molecule has 0 aliphatic heterocycles. The van der Waals surface area contributed by atoms with Crippen molar-refractivity contribution in [1.82, 2.24) is 9.88 Å². The Hall–Kier alpha value is -1.66. The first-order valence-electron chi connectivity index (χ1n) is 9.33. The minimum absolute atomic E-state index is 0. The van der Waals surface area contributed by atoms with Crippen molar-refractivity contribution in [2.24, 2.45) is 0 Å². The Morgan fingerprint density at radius 3 is 2.41 bits per heavy atom. The zero-order valence-electron chi connectivity index (χ0n) is 17.5. The van der Waals surface area contributed by atoms with E-state index in [1.807, 2.05) is 39.2 Å². The van der Waals surface area contributed by atoms with Gasteiger partial charge >= 0.3 is 0 Å². The molecule has 4 nitrogen and oxygen atoms in total. The number of amides is 1. The number of likely N-dealkylation sites (N-methyl/N-ethyl adjacent to an activating group) is 1. The number of rotatable bonds is 6. The Morgan fingerprint density at radius 1 is 1.07 bits per heavy atom. The molecule has 3 aromatic rings. The van der Waals surface area contributed by atoms with Gasteiger partial charge in [-0.3, -0.25) is 9.69 Å². The van der Waals surface area contributed by atoms with Crippen molar-refractivity contribution in [3.05, 3.63) is 57.6 Å². The molecule has 0 saturated heterocycles. The highest BCUT2D eigenvalue weighted by atomic mass is 35.5. The van der Waals surface area contributed by atoms with E-state index < -0.39 is 0 Å². The Kier molecular flexibility index (Phi) is 8.06. The van der Waals surface area contributed by atoms with Gasteiger partial charge in [-0.05, 0) is 57.6 Å². The van der Waals surface area contributed by atoms with Crippen LogP contribution in [0.4, 0.5) is 5.13 Å². The molecule has 0 radical (unpaired) electrons. The van der Waals surface area contributed by atoms with E-state index in [4.69, 9.17) is 16.6 Å². The molecule has 1 aromatic heterocycles. The fourth-order valence-electron chi connectivity index (χ4n) is 3.14. The van der Waals surface area contributed by atoms with Crippen molar-refractivity contribution in [2.45, 2.75) is 27.2 Å². The topological polar surface area (TPSA) is 36.4 Å². The number of carbonyl (C=O) groups excluding carboxylic acids is 1. The van der Waals surface area contributed by atoms with Crippen LogP contribution >= 0.6 is 35.3 Å². The van der Waals surface area contributed by atoms with Gasteiger partial charge in [0.1, 0.15) is 0 Å². The molecule has 0 aliphatic rings. The van der Waals surface area contributed by atoms with Gasteiger partial charge in [0, 0.05) is 13.1 Å². The second-order valence-electron chi connectivity index (χ2n) is 7.49. The van der Waals surface area contributed by atoms with Crippen LogP contribution in [0, 0.1) is 20.8 Å². The standard InChI is InChI=1S/C22H26ClN3OS.ClH/c1-14-6-8-17(16(3)12-14)13-19(27)26(11-10-25(4)5)22-24-20-15(2)7-9-18(23)21(20)28-22;/h6-9,12H,10-11,13H2,1-5H3;1H. The van der Waals surface area contributed by atoms with Crippen molar-refractivity contribution >= 4 is 56.6 Å². The summed E-state index contributed by atoms with van der Waals surface area (Å²) < 4.78 is 0.936. The molecule has 0 unspecified atom stereocenters. The number of nitrogens with zero attached hydrogens (tertiary/aromatic N) is 3. The predicted octanol–water partition coefficient (Wildman–Crippen LogP) is 5.43. The molecule has 1 amide bonds. The number of anilines is 1. The third kappa shape index (κ3) is 5.48. The highest BCUT2D eigenvalue weighted by Gasteiger charge is 2.22. The fraction of sp³-hybridized carbons (Fsp3) is 0.364. The lowest BCUT2D eigenvalue weighted by molar-refractivity contribution is -0.118. The Labute approximate surface area is 187 Å². The minimum atomic E-state index is 0. The second-order valence-corrected chi connectivity index (χ2v) is 8.88. The summed E-state index contributed by atoms with van der Waals surface area (Å²) in [5, 5.41) is 1.39. The number of hydrogen-bond acceptors (Lipinski definition) is 4. The van der Waals surface area contributed by atoms with Gasteiger partial charge in [0.15, 0.2) is 5.13 Å². The molecule has 156 valence electrons. The maximum atomic E-state index is 13.3. The van der Waals surface area contributed by atoms with E-state index in [9.17, 15) is 4.79 Å². The van der Waals surface area contributed by atoms with Crippen molar-refractivity contribution in [3.8, 4) is 0 Å². The summed E-state index contributed by atoms with van der Waals surface area (Å²) in [6.45, 7) is 7.49. The summed E-state index contributed by atoms with van der Waals surface area (Å²) in [6, 6.07) is 10.1. The molecule has 1 heterocycles. The fourth-order valence-corrected chi connectivity index (χ4v) is 4.50. The summed E-state index contributed by atoms with van der Waals surface area (Å²) in [4.78, 5) is 21.9. The SMILES string of the molecule is Cc1ccc(CC(=O)N(CCN(C)C)c2nc3c(C)ccc(Cl)c3s2)c(C)c1.Cl. The summed E-state index contributed by atoms with van der Waals surface area (Å²) >= 11 is 7.87. The van der Waals surface area contributed by atoms with Crippen molar-refractivity contribution in [2.75, 3.05) is 32.1 Å². The van der Waals surface area contributed by atoms with Gasteiger partial charge < -0.3 is 4.90 Å². The quantitative estimate of drug-likeness (QED) is 0.500. The van der Waals surface area contributed by atoms with Gasteiger partial charge in [-0.25, -0.2) is 4.98 Å². The molecule has 3 rings (SSSR count). The molecule has 29 heavy (non-hydrogen) atoms. The molecule has 0 atom stereocenters. The molecule has 0 N–H and O–H groups in total. The maximum Gasteiger partial charge on any atom is 0.233 e. The zero-order valence-corrected chi connectivity index (χ0v) is 19.8. The number of halogens is 2. The minimum Gasteiger partial charge on any atom is -0.308 e. The first-order valence-corrected chi connectivity index (χ1v) is 10.5. The maximum absolute atomic E-state index is 13.3. The van der Waals surface area contributed by atoms with Gasteiger partial charge in [0.05, 0.1) is 21.7 Å². The van der Waals surface area contributed by atoms with Crippen molar-refractivity contribution in [3.63, 3.8) is 0 Å². The van der Waals surface area contributed by atoms with Gasteiger partial charge in [-0.1, -0.05) is 52.8 Å². The van der Waals surface area contributed by atoms with Gasteiger partial charge in [-0.15, -0.1) is 12.4 Å². The Bertz CT molecular complexity index is 978. The van der Waals surface area contributed by atoms with Crippen LogP contribution in [-0.4, -0.2) is 43.0 Å². The van der Waals surface area contributed by atoms with Crippen LogP contribution in [0.5, 0.6) is 0 Å². The van der Waals surface area contributed by atoms with E-state index in [0.717, 1.165) is 33.5 Å². The number of benzene rings is 2. The van der Waals surface area contributed by atoms with E-state index in [1.165, 1.54) is 16.9 Å². The largest absolute Gasteiger partial charge is 0.308 e. The molecule has 0 saturated carbocycles. The third-order valence-electron chi connectivity index (χ3n) is 4.83. The number of carbonyl (C=O) groups is 1. The Morgan fingerprint density at radius 2 is 1.79 bits per heavy atom. The number of thiazole rings is 1. The third-order valence-corrected chi connectivity index (χ3v) is 6.37. The van der Waals surface area contributed by atoms with Crippen LogP contribution in [0.3, 0.4) is 0 Å². The van der Waals surface area contributed by atoms with E-state index in [2.05, 4.69) is 30.9 Å². The second kappa shape index (κ2) is 9.90. The van der Waals surface area contributed by atoms with Crippen LogP contribution in [0.1, 0.15) is 22.3 Å². The molecule has 0 spiro atoms. The van der Waals surface area contributed by atoms with E-state index in [0.29, 0.717) is 23.1 Å². The zero-order chi connectivity index (χ0) is 20.4. The molecule has 0 bridgehead atoms. The van der Waals surface area contributed by atoms with Crippen molar-refractivity contribution < 1.29 is 4.79 Å². The summed E-state index contributed by atoms with van der Waals surface area (Å²) in [6.07, 6.45) is 0.363. The lowest BCUT2D eigenvalue weighted by atomic mass is 10.0. The molecule has 0 fully saturated rings. The smallest absolute Gasteiger partial charge is 0.233 e. The number of aromatic nitrogens is 1. The average Bonchev–Trinajstić information content (AvgIpc) is 3.07. The summed E-state index contributed by atoms with van der Waals surface area (Å²) in [7, 11) is 4.01. The lowest BCUT2D eigenvalue weighted by Crippen LogP contribution is -2.37. The molecular weight excluding hydrogens is 425 g/mol. The monoisotopic (exact) mass is 451 g/mol. The van der Waals surface area contributed by atoms with Gasteiger partial charge in [-0.2, -0.15) is 0 Å². The summed E-state index contributed by atoms with van der Waals surface area (Å²) in [5.41, 5.74) is 5.34. The van der Waals surface area contributed by atoms with Crippen molar-refractivity contribution in [1.29, 1.82) is 0 Å². The van der Waals surface area contributed by atoms with Crippen LogP contribution in [0.25, 0.3) is 10.2 Å². The normalized spacial score (nSPS) is 11.0. The van der Waals surface area contributed by atoms with Crippen LogP contribution in [0.15, 0.2) is 30.3 Å². The molecular formula is C22H27Cl2N3OS. The van der Waals surface area contributed by atoms with Crippen LogP contribution < -0.4 is 4.90 Å². The molecule has 7 heteroatoms. The van der Waals surface area contributed by atoms with Crippen LogP contribution in [0.2, 0.25) is 5.02 Å². The van der Waals surface area contributed by atoms with E-state index >= 15 is 0 Å². The number of fused-ring (bicyclic) bond motifs is 1. The molecule has 0 aliphatic carbocycles. The van der Waals surface area contributed by atoms with E-state index in [1.54, 1.807) is 4.90 Å². The first-order chi connectivity index (χ1) is 13.3. The van der Waals surface area contributed by atoms with Gasteiger partial charge in [0.2, 0.25) is 5.91 Å². The first kappa shape index (κ1) is 23.6. The van der Waals surface area contributed by atoms with Crippen LogP contribution in [-0.2, 0) is 11.2 Å². The number of hydrogen-bond donors (Lipinski definition) is 0. The average molecular weight is 452 g/mol. The number of aryl methyl sites for hydroxylation is 3. The Balaban J connectivity index is 0.00000300.